The SMILES string of the molecule is CC=CCOC(=O)N1C(C)CCC1CC(CC)N1CCC(N(C(C)=O)c2ccc(F)cc2)CC1. The van der Waals surface area contributed by atoms with Crippen LogP contribution in [0.15, 0.2) is 36.4 Å². The summed E-state index contributed by atoms with van der Waals surface area (Å²) in [5.74, 6) is -0.307. The van der Waals surface area contributed by atoms with Crippen molar-refractivity contribution in [2.24, 2.45) is 0 Å². The van der Waals surface area contributed by atoms with Gasteiger partial charge in [0.25, 0.3) is 0 Å². The van der Waals surface area contributed by atoms with Crippen molar-refractivity contribution in [2.75, 3.05) is 24.6 Å². The summed E-state index contributed by atoms with van der Waals surface area (Å²) in [6.07, 6.45) is 9.26. The molecule has 2 fully saturated rings. The van der Waals surface area contributed by atoms with E-state index in [1.54, 1.807) is 19.1 Å². The van der Waals surface area contributed by atoms with Crippen molar-refractivity contribution in [1.82, 2.24) is 9.80 Å². The Morgan fingerprint density at radius 3 is 2.44 bits per heavy atom. The van der Waals surface area contributed by atoms with Gasteiger partial charge in [0.15, 0.2) is 0 Å². The molecule has 188 valence electrons. The average molecular weight is 474 g/mol. The predicted molar refractivity (Wildman–Crippen MR) is 133 cm³/mol. The summed E-state index contributed by atoms with van der Waals surface area (Å²) < 4.78 is 18.8. The third-order valence-corrected chi connectivity index (χ3v) is 7.38. The van der Waals surface area contributed by atoms with Gasteiger partial charge in [0.1, 0.15) is 12.4 Å². The first-order valence-electron chi connectivity index (χ1n) is 12.7. The van der Waals surface area contributed by atoms with Crippen molar-refractivity contribution >= 4 is 17.7 Å². The monoisotopic (exact) mass is 473 g/mol. The number of carbonyl (C=O) groups is 2. The van der Waals surface area contributed by atoms with Crippen molar-refractivity contribution < 1.29 is 18.7 Å². The van der Waals surface area contributed by atoms with E-state index in [1.807, 2.05) is 28.9 Å². The molecule has 2 heterocycles. The number of likely N-dealkylation sites (tertiary alicyclic amines) is 2. The van der Waals surface area contributed by atoms with Crippen molar-refractivity contribution in [3.05, 3.63) is 42.2 Å². The van der Waals surface area contributed by atoms with E-state index in [9.17, 15) is 14.0 Å². The van der Waals surface area contributed by atoms with Crippen molar-refractivity contribution in [2.45, 2.75) is 90.4 Å². The summed E-state index contributed by atoms with van der Waals surface area (Å²) in [5.41, 5.74) is 0.756. The third kappa shape index (κ3) is 6.38. The molecule has 1 aromatic rings. The number of hydrogen-bond donors (Lipinski definition) is 0. The standard InChI is InChI=1S/C27H40FN3O3/c1-5-7-18-34-27(33)30-20(3)8-11-26(30)19-23(6-2)29-16-14-25(15-17-29)31(21(4)32)24-12-9-22(28)10-13-24/h5,7,9-10,12-13,20,23,25-26H,6,8,11,14-19H2,1-4H3. The van der Waals surface area contributed by atoms with Gasteiger partial charge in [-0.25, -0.2) is 9.18 Å². The quantitative estimate of drug-likeness (QED) is 0.476. The molecule has 0 bridgehead atoms. The van der Waals surface area contributed by atoms with Gasteiger partial charge in [-0.3, -0.25) is 4.79 Å². The molecule has 0 saturated carbocycles. The minimum absolute atomic E-state index is 0.0101. The average Bonchev–Trinajstić information content (AvgIpc) is 3.19. The fourth-order valence-electron chi connectivity index (χ4n) is 5.57. The minimum Gasteiger partial charge on any atom is -0.445 e. The van der Waals surface area contributed by atoms with Crippen LogP contribution in [0.25, 0.3) is 0 Å². The summed E-state index contributed by atoms with van der Waals surface area (Å²) >= 11 is 0. The van der Waals surface area contributed by atoms with E-state index in [4.69, 9.17) is 4.74 Å². The molecule has 2 saturated heterocycles. The van der Waals surface area contributed by atoms with Gasteiger partial charge in [-0.2, -0.15) is 0 Å². The number of halogens is 1. The van der Waals surface area contributed by atoms with E-state index in [2.05, 4.69) is 18.7 Å². The number of benzene rings is 1. The fraction of sp³-hybridized carbons (Fsp3) is 0.630. The fourth-order valence-corrected chi connectivity index (χ4v) is 5.57. The van der Waals surface area contributed by atoms with Crippen molar-refractivity contribution in [1.29, 1.82) is 0 Å². The normalized spacial score (nSPS) is 22.8. The number of allylic oxidation sites excluding steroid dienone is 1. The van der Waals surface area contributed by atoms with Gasteiger partial charge < -0.3 is 19.4 Å². The highest BCUT2D eigenvalue weighted by Crippen LogP contribution is 2.31. The summed E-state index contributed by atoms with van der Waals surface area (Å²) in [4.78, 5) is 31.4. The molecular formula is C27H40FN3O3. The molecule has 0 aromatic heterocycles. The number of hydrogen-bond acceptors (Lipinski definition) is 4. The van der Waals surface area contributed by atoms with Crippen LogP contribution < -0.4 is 4.90 Å². The van der Waals surface area contributed by atoms with Gasteiger partial charge in [-0.1, -0.05) is 19.1 Å². The molecule has 6 nitrogen and oxygen atoms in total. The maximum Gasteiger partial charge on any atom is 0.410 e. The summed E-state index contributed by atoms with van der Waals surface area (Å²) in [6.45, 7) is 9.94. The maximum absolute atomic E-state index is 13.4. The summed E-state index contributed by atoms with van der Waals surface area (Å²) in [5, 5.41) is 0. The molecule has 7 heteroatoms. The largest absolute Gasteiger partial charge is 0.445 e. The number of anilines is 1. The van der Waals surface area contributed by atoms with Gasteiger partial charge in [-0.05, 0) is 76.6 Å². The highest BCUT2D eigenvalue weighted by molar-refractivity contribution is 5.92. The number of nitrogens with zero attached hydrogens (tertiary/aromatic N) is 3. The summed E-state index contributed by atoms with van der Waals surface area (Å²) in [7, 11) is 0. The minimum atomic E-state index is -0.297. The Bertz CT molecular complexity index is 836. The van der Waals surface area contributed by atoms with Crippen LogP contribution in [0, 0.1) is 5.82 Å². The highest BCUT2D eigenvalue weighted by Gasteiger charge is 2.38. The second-order valence-electron chi connectivity index (χ2n) is 9.56. The smallest absolute Gasteiger partial charge is 0.410 e. The molecule has 0 spiro atoms. The van der Waals surface area contributed by atoms with Gasteiger partial charge >= 0.3 is 6.09 Å². The van der Waals surface area contributed by atoms with E-state index in [0.717, 1.165) is 57.3 Å². The van der Waals surface area contributed by atoms with E-state index in [-0.39, 0.29) is 35.9 Å². The Morgan fingerprint density at radius 1 is 1.18 bits per heavy atom. The second kappa shape index (κ2) is 12.3. The molecule has 2 aliphatic heterocycles. The van der Waals surface area contributed by atoms with Crippen LogP contribution in [0.1, 0.15) is 66.2 Å². The van der Waals surface area contributed by atoms with Crippen molar-refractivity contribution in [3.63, 3.8) is 0 Å². The van der Waals surface area contributed by atoms with E-state index in [0.29, 0.717) is 12.6 Å². The molecule has 3 unspecified atom stereocenters. The summed E-state index contributed by atoms with van der Waals surface area (Å²) in [6, 6.07) is 7.08. The molecule has 2 aliphatic rings. The zero-order chi connectivity index (χ0) is 24.7. The van der Waals surface area contributed by atoms with Gasteiger partial charge in [-0.15, -0.1) is 0 Å². The van der Waals surface area contributed by atoms with Crippen LogP contribution in [-0.4, -0.2) is 65.7 Å². The van der Waals surface area contributed by atoms with E-state index in [1.165, 1.54) is 12.1 Å². The highest BCUT2D eigenvalue weighted by atomic mass is 19.1. The number of piperidine rings is 1. The Balaban J connectivity index is 1.60. The van der Waals surface area contributed by atoms with Gasteiger partial charge in [0.2, 0.25) is 5.91 Å². The molecular weight excluding hydrogens is 433 g/mol. The number of amides is 2. The maximum atomic E-state index is 13.4. The molecule has 2 amide bonds. The second-order valence-corrected chi connectivity index (χ2v) is 9.56. The molecule has 0 radical (unpaired) electrons. The Labute approximate surface area is 203 Å². The molecule has 3 rings (SSSR count). The van der Waals surface area contributed by atoms with Crippen LogP contribution >= 0.6 is 0 Å². The lowest BCUT2D eigenvalue weighted by Gasteiger charge is -2.42. The molecule has 34 heavy (non-hydrogen) atoms. The predicted octanol–water partition coefficient (Wildman–Crippen LogP) is 5.38. The van der Waals surface area contributed by atoms with Crippen LogP contribution in [0.3, 0.4) is 0 Å². The first kappa shape index (κ1) is 26.2. The zero-order valence-corrected chi connectivity index (χ0v) is 21.1. The van der Waals surface area contributed by atoms with Crippen LogP contribution in [0.2, 0.25) is 0 Å². The lowest BCUT2D eigenvalue weighted by Crippen LogP contribution is -2.51. The Hall–Kier alpha value is -2.41. The first-order valence-corrected chi connectivity index (χ1v) is 12.7. The van der Waals surface area contributed by atoms with Gasteiger partial charge in [0.05, 0.1) is 0 Å². The van der Waals surface area contributed by atoms with E-state index < -0.39 is 0 Å². The van der Waals surface area contributed by atoms with Gasteiger partial charge in [0, 0.05) is 49.9 Å². The number of ether oxygens (including phenoxy) is 1. The third-order valence-electron chi connectivity index (χ3n) is 7.38. The first-order chi connectivity index (χ1) is 16.3. The molecule has 0 N–H and O–H groups in total. The lowest BCUT2D eigenvalue weighted by molar-refractivity contribution is -0.117. The van der Waals surface area contributed by atoms with Crippen LogP contribution in [-0.2, 0) is 9.53 Å². The van der Waals surface area contributed by atoms with Crippen molar-refractivity contribution in [3.8, 4) is 0 Å². The Kier molecular flexibility index (Phi) is 9.51. The lowest BCUT2D eigenvalue weighted by atomic mass is 9.96. The van der Waals surface area contributed by atoms with E-state index >= 15 is 0 Å². The van der Waals surface area contributed by atoms with Crippen LogP contribution in [0.4, 0.5) is 14.9 Å². The zero-order valence-electron chi connectivity index (χ0n) is 21.1. The number of rotatable bonds is 8. The molecule has 3 atom stereocenters. The topological polar surface area (TPSA) is 53.1 Å². The molecule has 1 aromatic carbocycles. The Morgan fingerprint density at radius 2 is 1.85 bits per heavy atom. The van der Waals surface area contributed by atoms with Crippen LogP contribution in [0.5, 0.6) is 0 Å². The number of carbonyl (C=O) groups excluding carboxylic acids is 2. The molecule has 0 aliphatic carbocycles.